The lowest BCUT2D eigenvalue weighted by Gasteiger charge is -2.39. The topological polar surface area (TPSA) is 323 Å². The number of cyclic esters (lactones) is 1. The van der Waals surface area contributed by atoms with Gasteiger partial charge in [-0.1, -0.05) is 107 Å². The van der Waals surface area contributed by atoms with Crippen LogP contribution in [0.2, 0.25) is 0 Å². The molecule has 0 radical (unpaired) electrons. The molecule has 21 nitrogen and oxygen atoms in total. The molecule has 0 aliphatic carbocycles. The maximum absolute atomic E-state index is 13.9. The number of anilines is 1. The number of esters is 2. The molecule has 3 heterocycles. The largest absolute Gasteiger partial charge is 0.481 e. The Hall–Kier alpha value is -3.95. The summed E-state index contributed by atoms with van der Waals surface area (Å²) in [5.74, 6) is -5.27. The summed E-state index contributed by atoms with van der Waals surface area (Å²) >= 11 is 0. The van der Waals surface area contributed by atoms with Gasteiger partial charge in [-0.15, -0.1) is 0 Å². The summed E-state index contributed by atoms with van der Waals surface area (Å²) in [5.41, 5.74) is 4.74. The van der Waals surface area contributed by atoms with E-state index in [4.69, 9.17) is 29.0 Å². The van der Waals surface area contributed by atoms with Gasteiger partial charge < -0.3 is 50.2 Å². The van der Waals surface area contributed by atoms with E-state index >= 15 is 0 Å². The van der Waals surface area contributed by atoms with Crippen LogP contribution in [0, 0.1) is 11.8 Å². The third-order valence-electron chi connectivity index (χ3n) is 11.9. The lowest BCUT2D eigenvalue weighted by atomic mass is 9.83. The fourth-order valence-electron chi connectivity index (χ4n) is 7.84. The zero-order chi connectivity index (χ0) is 53.7. The zero-order valence-corrected chi connectivity index (χ0v) is 43.9. The first-order chi connectivity index (χ1) is 34.9. The summed E-state index contributed by atoms with van der Waals surface area (Å²) in [7, 11) is -11.3. The van der Waals surface area contributed by atoms with Crippen molar-refractivity contribution in [2.45, 2.75) is 179 Å². The molecule has 11 atom stereocenters. The molecule has 0 saturated carbocycles. The second-order valence-electron chi connectivity index (χ2n) is 18.1. The van der Waals surface area contributed by atoms with E-state index in [0.717, 1.165) is 49.3 Å². The highest BCUT2D eigenvalue weighted by molar-refractivity contribution is 7.61. The van der Waals surface area contributed by atoms with Gasteiger partial charge in [-0.25, -0.2) is 13.9 Å². The number of unbranched alkanes of at least 4 members (excludes halogenated alkanes) is 7. The van der Waals surface area contributed by atoms with Crippen LogP contribution in [0.1, 0.15) is 142 Å². The fraction of sp³-hybridized carbons (Fsp3) is 0.660. The predicted molar refractivity (Wildman–Crippen MR) is 271 cm³/mol. The van der Waals surface area contributed by atoms with E-state index in [1.54, 1.807) is 12.2 Å². The van der Waals surface area contributed by atoms with Gasteiger partial charge in [0.25, 0.3) is 0 Å². The summed E-state index contributed by atoms with van der Waals surface area (Å²) in [6, 6.07) is 1.22. The van der Waals surface area contributed by atoms with Gasteiger partial charge in [0, 0.05) is 31.4 Å². The molecule has 0 aromatic carbocycles. The van der Waals surface area contributed by atoms with E-state index in [1.807, 2.05) is 19.1 Å². The van der Waals surface area contributed by atoms with Gasteiger partial charge in [-0.05, 0) is 76.7 Å². The molecule has 2 aliphatic heterocycles. The van der Waals surface area contributed by atoms with Crippen LogP contribution in [0.5, 0.6) is 0 Å². The minimum atomic E-state index is -5.73. The van der Waals surface area contributed by atoms with Crippen LogP contribution < -0.4 is 11.4 Å². The molecule has 73 heavy (non-hydrogen) atoms. The monoisotopic (exact) mass is 1070 g/mol. The second kappa shape index (κ2) is 34.6. The number of Topliss-reactive ketones (excluding diaryl/α,β-unsaturated/α-hetero) is 1. The van der Waals surface area contributed by atoms with E-state index in [0.29, 0.717) is 25.7 Å². The first kappa shape index (κ1) is 63.3. The van der Waals surface area contributed by atoms with Crippen LogP contribution in [0.15, 0.2) is 77.8 Å². The normalized spacial score (nSPS) is 29.3. The summed E-state index contributed by atoms with van der Waals surface area (Å²) in [6.45, 7) is 1.37. The number of aliphatic hydroxyl groups excluding tert-OH is 4. The highest BCUT2D eigenvalue weighted by atomic mass is 31.3. The average molecular weight is 1070 g/mol. The highest BCUT2D eigenvalue weighted by Crippen LogP contribution is 2.60. The van der Waals surface area contributed by atoms with Crippen molar-refractivity contribution in [2.24, 2.45) is 11.8 Å². The Balaban J connectivity index is 1.80. The molecule has 8 N–H and O–H groups in total. The predicted octanol–water partition coefficient (Wildman–Crippen LogP) is 6.92. The Bertz CT molecular complexity index is 2130. The highest BCUT2D eigenvalue weighted by Gasteiger charge is 2.45. The van der Waals surface area contributed by atoms with Gasteiger partial charge in [-0.3, -0.25) is 28.0 Å². The number of aliphatic hydroxyl groups is 4. The van der Waals surface area contributed by atoms with Crippen molar-refractivity contribution >= 4 is 39.2 Å². The van der Waals surface area contributed by atoms with Crippen molar-refractivity contribution in [1.29, 1.82) is 0 Å². The summed E-state index contributed by atoms with van der Waals surface area (Å²) in [6.07, 6.45) is 17.9. The van der Waals surface area contributed by atoms with Crippen molar-refractivity contribution in [2.75, 3.05) is 25.6 Å². The molecule has 2 unspecified atom stereocenters. The maximum atomic E-state index is 13.9. The first-order valence-corrected chi connectivity index (χ1v) is 28.4. The molecular formula is C50H79N3O18P2. The molecule has 0 spiro atoms. The number of allylic oxidation sites excluding steroid dienone is 8. The summed E-state index contributed by atoms with van der Waals surface area (Å²) < 4.78 is 58.7. The number of hydrogen-bond donors (Lipinski definition) is 7. The molecule has 2 aliphatic rings. The number of rotatable bonds is 22. The number of nitrogen functional groups attached to an aromatic ring is 1. The zero-order valence-electron chi connectivity index (χ0n) is 42.1. The summed E-state index contributed by atoms with van der Waals surface area (Å²) in [5, 5.41) is 45.6. The smallest absolute Gasteiger partial charge is 0.462 e. The molecular weight excluding hydrogens is 993 g/mol. The van der Waals surface area contributed by atoms with Crippen molar-refractivity contribution in [3.8, 4) is 0 Å². The number of nitrogens with zero attached hydrogens (tertiary/aromatic N) is 2. The van der Waals surface area contributed by atoms with Crippen molar-refractivity contribution in [3.63, 3.8) is 0 Å². The van der Waals surface area contributed by atoms with Gasteiger partial charge >= 0.3 is 33.3 Å². The molecule has 1 saturated heterocycles. The third-order valence-corrected chi connectivity index (χ3v) is 14.5. The van der Waals surface area contributed by atoms with E-state index in [9.17, 15) is 58.5 Å². The number of phosphoric acid groups is 2. The number of carbonyl (C=O) groups excluding carboxylic acids is 3. The van der Waals surface area contributed by atoms with Gasteiger partial charge in [0.2, 0.25) is 0 Å². The Kier molecular flexibility index (Phi) is 30.0. The fourth-order valence-corrected chi connectivity index (χ4v) is 9.95. The van der Waals surface area contributed by atoms with Crippen LogP contribution in [-0.2, 0) is 51.1 Å². The molecule has 0 amide bonds. The van der Waals surface area contributed by atoms with Crippen molar-refractivity contribution < 1.29 is 81.3 Å². The Labute approximate surface area is 428 Å². The van der Waals surface area contributed by atoms with Crippen molar-refractivity contribution in [3.05, 3.63) is 83.5 Å². The van der Waals surface area contributed by atoms with E-state index in [-0.39, 0.29) is 37.9 Å². The van der Waals surface area contributed by atoms with Crippen molar-refractivity contribution in [1.82, 2.24) is 9.55 Å². The Morgan fingerprint density at radius 2 is 1.53 bits per heavy atom. The van der Waals surface area contributed by atoms with E-state index in [2.05, 4.69) is 40.5 Å². The van der Waals surface area contributed by atoms with Crippen LogP contribution >= 0.6 is 15.6 Å². The van der Waals surface area contributed by atoms with E-state index < -0.39 is 120 Å². The number of hydrogen-bond acceptors (Lipinski definition) is 18. The number of ether oxygens (including phenoxy) is 3. The third kappa shape index (κ3) is 25.4. The average Bonchev–Trinajstić information content (AvgIpc) is 3.33. The molecule has 1 aromatic heterocycles. The minimum absolute atomic E-state index is 0.0252. The van der Waals surface area contributed by atoms with Crippen LogP contribution in [0.25, 0.3) is 0 Å². The van der Waals surface area contributed by atoms with Gasteiger partial charge in [0.15, 0.2) is 6.10 Å². The van der Waals surface area contributed by atoms with E-state index in [1.165, 1.54) is 37.5 Å². The number of aromatic nitrogens is 2. The molecule has 1 aromatic rings. The van der Waals surface area contributed by atoms with Crippen LogP contribution in [0.3, 0.4) is 0 Å². The Morgan fingerprint density at radius 1 is 0.890 bits per heavy atom. The molecule has 2 bridgehead atoms. The molecule has 23 heteroatoms. The summed E-state index contributed by atoms with van der Waals surface area (Å²) in [4.78, 5) is 77.9. The SMILES string of the molecule is CCCCC/C=C\C/C=C\C/C=C\CCCCC(=O)OC[C@@H]1COP(=O)(O)OP(=O)(O)OC[C@H]2O[C@@H](n3ccc(N)nc3=O)[C@@H](CC=CCCCC(=O)O1)[C@@H](O)CC(=O)[C@H](C=C[C@@H](O)CCCCC)[C@H](O)[C@@H]2O. The van der Waals surface area contributed by atoms with Gasteiger partial charge in [0.1, 0.15) is 36.6 Å². The first-order valence-electron chi connectivity index (χ1n) is 25.4. The number of nitrogens with two attached hydrogens (primary N) is 1. The number of phosphoric ester groups is 2. The second-order valence-corrected chi connectivity index (χ2v) is 21.1. The lowest BCUT2D eigenvalue weighted by molar-refractivity contribution is -0.186. The molecule has 3 rings (SSSR count). The minimum Gasteiger partial charge on any atom is -0.462 e. The molecule has 1 fully saturated rings. The standard InChI is InChI=1S/C50H79N3O18P2/c1-3-5-7-8-9-10-11-12-13-14-15-16-17-18-23-27-45(57)66-34-38-35-67-72(62,63)71-73(64,65)68-36-43-48(60)47(59)39(30-29-37(54)25-21-6-4-2)41(55)33-42(56)40(26-22-19-20-24-28-46(58)69-38)49(70-43)53-32-31-44(51)52-50(53)61/h9-10,12-13,15-16,19,22,29-32,37-40,42-43,47-49,54,56,59-60H,3-8,11,14,17-18,20-21,23-28,33-36H2,1-2H3,(H,62,63)(H,64,65)(H2,51,52,61)/b10-9-,13-12-,16-15-,22-19?,30-29?/t37-,38+,39-,40-,42-,43+,47-,48+,49+/m0/s1. The van der Waals surface area contributed by atoms with Crippen LogP contribution in [0.4, 0.5) is 5.82 Å². The number of carbonyl (C=O) groups is 3. The Morgan fingerprint density at radius 3 is 2.21 bits per heavy atom. The number of fused-ring (bicyclic) bond motifs is 3. The number of ketones is 1. The van der Waals surface area contributed by atoms with Crippen LogP contribution in [-0.4, -0.2) is 114 Å². The lowest BCUT2D eigenvalue weighted by Crippen LogP contribution is -2.51. The quantitative estimate of drug-likeness (QED) is 0.0268. The van der Waals surface area contributed by atoms with Gasteiger partial charge in [-0.2, -0.15) is 9.29 Å². The van der Waals surface area contributed by atoms with Gasteiger partial charge in [0.05, 0.1) is 37.4 Å². The maximum Gasteiger partial charge on any atom is 0.481 e. The molecule has 412 valence electrons.